The van der Waals surface area contributed by atoms with Gasteiger partial charge in [0.05, 0.1) is 11.9 Å². The number of hydrogen-bond donors (Lipinski definition) is 3. The Morgan fingerprint density at radius 3 is 2.40 bits per heavy atom. The zero-order valence-corrected chi connectivity index (χ0v) is 32.9. The summed E-state index contributed by atoms with van der Waals surface area (Å²) in [6.45, 7) is 19.0. The molecule has 1 aliphatic rings. The van der Waals surface area contributed by atoms with Crippen LogP contribution < -0.4 is 20.7 Å². The van der Waals surface area contributed by atoms with E-state index in [2.05, 4.69) is 85.0 Å². The molecule has 2 unspecified atom stereocenters. The molecule has 8 nitrogen and oxygen atoms in total. The van der Waals surface area contributed by atoms with Gasteiger partial charge in [-0.05, 0) is 121 Å². The van der Waals surface area contributed by atoms with Crippen LogP contribution in [-0.4, -0.2) is 59.4 Å². The van der Waals surface area contributed by atoms with E-state index in [0.29, 0.717) is 35.1 Å². The van der Waals surface area contributed by atoms with E-state index in [-0.39, 0.29) is 5.78 Å². The number of carbonyl (C=O) groups excluding carboxylic acids is 1. The zero-order chi connectivity index (χ0) is 36.0. The summed E-state index contributed by atoms with van der Waals surface area (Å²) in [7, 11) is -2.51. The highest BCUT2D eigenvalue weighted by Gasteiger charge is 2.25. The number of para-hydroxylation sites is 1. The molecule has 1 fully saturated rings. The van der Waals surface area contributed by atoms with Crippen LogP contribution in [0.5, 0.6) is 5.75 Å². The third-order valence-corrected chi connectivity index (χ3v) is 9.64. The van der Waals surface area contributed by atoms with E-state index >= 15 is 0 Å². The van der Waals surface area contributed by atoms with Gasteiger partial charge in [-0.15, -0.1) is 0 Å². The number of carbonyl (C=O) groups is 1. The monoisotopic (exact) mass is 715 g/mol. The summed E-state index contributed by atoms with van der Waals surface area (Å²) in [6.07, 6.45) is 10.5. The molecule has 1 aromatic heterocycles. The molecule has 0 bridgehead atoms. The van der Waals surface area contributed by atoms with Crippen molar-refractivity contribution < 1.29 is 14.1 Å². The van der Waals surface area contributed by atoms with Crippen molar-refractivity contribution >= 4 is 65.6 Å². The van der Waals surface area contributed by atoms with E-state index in [4.69, 9.17) is 16.3 Å². The van der Waals surface area contributed by atoms with E-state index in [1.54, 1.807) is 25.8 Å². The summed E-state index contributed by atoms with van der Waals surface area (Å²) in [5.41, 5.74) is 4.94. The first-order valence-corrected chi connectivity index (χ1v) is 20.3. The second-order valence-corrected chi connectivity index (χ2v) is 16.5. The van der Waals surface area contributed by atoms with Crippen LogP contribution in [0.15, 0.2) is 54.4 Å². The van der Waals surface area contributed by atoms with Crippen molar-refractivity contribution in [3.8, 4) is 5.75 Å². The van der Waals surface area contributed by atoms with Gasteiger partial charge in [0.2, 0.25) is 5.95 Å². The first kappa shape index (κ1) is 41.2. The number of Topliss-reactive ketones (excluding diaryl/α,β-unsaturated/α-hetero) is 1. The maximum absolute atomic E-state index is 12.8. The molecule has 2 N–H and O–H groups in total. The largest absolute Gasteiger partial charge is 0.489 e. The molecule has 0 saturated heterocycles. The number of anilines is 4. The van der Waals surface area contributed by atoms with E-state index in [9.17, 15) is 9.36 Å². The molecular formula is C37H55ClN5O3PS. The van der Waals surface area contributed by atoms with Gasteiger partial charge in [-0.1, -0.05) is 37.6 Å². The van der Waals surface area contributed by atoms with Crippen LogP contribution in [0.3, 0.4) is 0 Å². The van der Waals surface area contributed by atoms with Crippen LogP contribution in [-0.2, 0) is 9.36 Å². The second kappa shape index (κ2) is 19.9. The molecule has 4 rings (SSSR count). The Hall–Kier alpha value is -3.00. The fourth-order valence-electron chi connectivity index (χ4n) is 5.47. The molecule has 3 aromatic rings. The lowest BCUT2D eigenvalue weighted by Crippen LogP contribution is -2.30. The SMILES string of the molecule is CC(C)=O.CCCN(/C=C(\C)COc1cc(Nc2ncc(Cl)c(Nc3ccccc3P(C)(C)=O)n2)cc(C)c1C)C1CCC(C)C1.CS. The highest BCUT2D eigenvalue weighted by Crippen LogP contribution is 2.39. The number of nitrogens with one attached hydrogen (secondary N) is 2. The number of benzene rings is 2. The number of halogens is 1. The first-order chi connectivity index (χ1) is 22.7. The summed E-state index contributed by atoms with van der Waals surface area (Å²) < 4.78 is 19.2. The molecule has 2 atom stereocenters. The molecule has 48 heavy (non-hydrogen) atoms. The average Bonchev–Trinajstić information content (AvgIpc) is 3.46. The number of nitrogens with zero attached hydrogens (tertiary/aromatic N) is 3. The number of rotatable bonds is 12. The average molecular weight is 716 g/mol. The van der Waals surface area contributed by atoms with Gasteiger partial charge in [0.1, 0.15) is 30.3 Å². The third-order valence-electron chi connectivity index (χ3n) is 7.82. The molecule has 264 valence electrons. The van der Waals surface area contributed by atoms with Crippen molar-refractivity contribution in [2.24, 2.45) is 5.92 Å². The minimum absolute atomic E-state index is 0.167. The number of thiol groups is 1. The molecule has 2 aromatic carbocycles. The van der Waals surface area contributed by atoms with E-state index < -0.39 is 7.14 Å². The summed E-state index contributed by atoms with van der Waals surface area (Å²) in [5, 5.41) is 7.67. The van der Waals surface area contributed by atoms with Crippen LogP contribution in [0.4, 0.5) is 23.1 Å². The van der Waals surface area contributed by atoms with Crippen molar-refractivity contribution in [3.05, 3.63) is 70.5 Å². The maximum atomic E-state index is 12.8. The molecule has 0 amide bonds. The van der Waals surface area contributed by atoms with Gasteiger partial charge in [-0.25, -0.2) is 4.98 Å². The first-order valence-electron chi connectivity index (χ1n) is 16.5. The standard InChI is InChI=1S/C33H45ClN5O2P.C3H6O.CH4S/c1-8-15-39(27-14-13-22(2)16-27)20-23(3)21-41-30-18-26(17-24(4)25(30)5)36-33-35-19-28(34)32(38-33)37-29-11-9-10-12-31(29)42(6,7)40;1-3(2)4;1-2/h9-12,17-20,22,27H,8,13-16,21H2,1-7H3,(H2,35,36,37,38);1-2H3;2H,1H3/b23-20+;;. The third kappa shape index (κ3) is 13.1. The Balaban J connectivity index is 0.00000124. The van der Waals surface area contributed by atoms with Crippen LogP contribution in [0.1, 0.15) is 71.4 Å². The van der Waals surface area contributed by atoms with Crippen LogP contribution in [0.25, 0.3) is 0 Å². The van der Waals surface area contributed by atoms with Gasteiger partial charge in [-0.2, -0.15) is 17.6 Å². The molecular weight excluding hydrogens is 661 g/mol. The maximum Gasteiger partial charge on any atom is 0.229 e. The minimum Gasteiger partial charge on any atom is -0.489 e. The molecule has 0 spiro atoms. The van der Waals surface area contributed by atoms with E-state index in [1.807, 2.05) is 30.3 Å². The second-order valence-electron chi connectivity index (χ2n) is 12.9. The summed E-state index contributed by atoms with van der Waals surface area (Å²) in [4.78, 5) is 21.0. The molecule has 0 radical (unpaired) electrons. The fourth-order valence-corrected chi connectivity index (χ4v) is 6.76. The molecule has 1 aliphatic carbocycles. The highest BCUT2D eigenvalue weighted by atomic mass is 35.5. The number of hydrogen-bond acceptors (Lipinski definition) is 9. The lowest BCUT2D eigenvalue weighted by atomic mass is 10.1. The lowest BCUT2D eigenvalue weighted by Gasteiger charge is -2.28. The van der Waals surface area contributed by atoms with Crippen molar-refractivity contribution in [2.45, 2.75) is 80.2 Å². The van der Waals surface area contributed by atoms with Gasteiger partial charge < -0.3 is 29.6 Å². The van der Waals surface area contributed by atoms with Crippen LogP contribution >= 0.6 is 31.4 Å². The van der Waals surface area contributed by atoms with Crippen LogP contribution in [0.2, 0.25) is 5.02 Å². The van der Waals surface area contributed by atoms with Gasteiger partial charge in [-0.3, -0.25) is 0 Å². The lowest BCUT2D eigenvalue weighted by molar-refractivity contribution is -0.115. The van der Waals surface area contributed by atoms with E-state index in [1.165, 1.54) is 38.7 Å². The summed E-state index contributed by atoms with van der Waals surface area (Å²) in [5.74, 6) is 2.62. The summed E-state index contributed by atoms with van der Waals surface area (Å²) in [6, 6.07) is 12.2. The van der Waals surface area contributed by atoms with Crippen molar-refractivity contribution in [3.63, 3.8) is 0 Å². The van der Waals surface area contributed by atoms with Crippen molar-refractivity contribution in [1.82, 2.24) is 14.9 Å². The van der Waals surface area contributed by atoms with E-state index in [0.717, 1.165) is 46.8 Å². The summed E-state index contributed by atoms with van der Waals surface area (Å²) >= 11 is 9.98. The van der Waals surface area contributed by atoms with Crippen LogP contribution in [0, 0.1) is 19.8 Å². The molecule has 1 saturated carbocycles. The van der Waals surface area contributed by atoms with Gasteiger partial charge in [0.25, 0.3) is 0 Å². The molecule has 11 heteroatoms. The Kier molecular flexibility index (Phi) is 17.0. The van der Waals surface area contributed by atoms with Gasteiger partial charge in [0.15, 0.2) is 5.82 Å². The smallest absolute Gasteiger partial charge is 0.229 e. The topological polar surface area (TPSA) is 96.5 Å². The Bertz CT molecular complexity index is 1570. The number of ketones is 1. The molecule has 1 heterocycles. The van der Waals surface area contributed by atoms with Crippen molar-refractivity contribution in [1.29, 1.82) is 0 Å². The predicted octanol–water partition coefficient (Wildman–Crippen LogP) is 9.81. The zero-order valence-electron chi connectivity index (χ0n) is 30.4. The van der Waals surface area contributed by atoms with Gasteiger partial charge in [0, 0.05) is 35.8 Å². The number of aromatic nitrogens is 2. The fraction of sp³-hybridized carbons (Fsp3) is 0.486. The predicted molar refractivity (Wildman–Crippen MR) is 209 cm³/mol. The van der Waals surface area contributed by atoms with Crippen molar-refractivity contribution in [2.75, 3.05) is 43.4 Å². The Labute approximate surface area is 299 Å². The normalized spacial score (nSPS) is 15.8. The highest BCUT2D eigenvalue weighted by molar-refractivity contribution is 7.79. The number of aryl methyl sites for hydroxylation is 1. The number of ether oxygens (including phenoxy) is 1. The Morgan fingerprint density at radius 2 is 1.79 bits per heavy atom. The van der Waals surface area contributed by atoms with Gasteiger partial charge >= 0.3 is 0 Å². The molecule has 0 aliphatic heterocycles. The quantitative estimate of drug-likeness (QED) is 0.126. The Morgan fingerprint density at radius 1 is 1.12 bits per heavy atom. The minimum atomic E-state index is -2.51.